The third-order valence-corrected chi connectivity index (χ3v) is 5.53. The molecule has 1 aromatic carbocycles. The Labute approximate surface area is 168 Å². The molecule has 0 atom stereocenters. The molecule has 1 saturated heterocycles. The van der Waals surface area contributed by atoms with Crippen molar-refractivity contribution >= 4 is 11.8 Å². The van der Waals surface area contributed by atoms with Gasteiger partial charge in [0.2, 0.25) is 0 Å². The van der Waals surface area contributed by atoms with Crippen molar-refractivity contribution in [1.82, 2.24) is 19.6 Å². The van der Waals surface area contributed by atoms with Crippen molar-refractivity contribution in [1.29, 1.82) is 0 Å². The summed E-state index contributed by atoms with van der Waals surface area (Å²) in [5.41, 5.74) is 2.46. The van der Waals surface area contributed by atoms with E-state index in [-0.39, 0.29) is 11.8 Å². The number of hydrogen-bond donors (Lipinski definition) is 0. The van der Waals surface area contributed by atoms with E-state index in [1.54, 1.807) is 26.6 Å². The van der Waals surface area contributed by atoms with Gasteiger partial charge in [0.1, 0.15) is 5.69 Å². The zero-order valence-electron chi connectivity index (χ0n) is 16.0. The van der Waals surface area contributed by atoms with Crippen molar-refractivity contribution in [2.75, 3.05) is 26.2 Å². The molecule has 1 aliphatic carbocycles. The van der Waals surface area contributed by atoms with E-state index in [0.29, 0.717) is 43.6 Å². The summed E-state index contributed by atoms with van der Waals surface area (Å²) in [5.74, 6) is 0.626. The van der Waals surface area contributed by atoms with Crippen LogP contribution < -0.4 is 0 Å². The number of carbonyl (C=O) groups is 2. The van der Waals surface area contributed by atoms with Gasteiger partial charge in [0.15, 0.2) is 5.76 Å². The Morgan fingerprint density at radius 1 is 0.897 bits per heavy atom. The van der Waals surface area contributed by atoms with E-state index in [0.717, 1.165) is 24.2 Å². The molecule has 1 saturated carbocycles. The Morgan fingerprint density at radius 2 is 1.59 bits per heavy atom. The van der Waals surface area contributed by atoms with Gasteiger partial charge in [0, 0.05) is 32.1 Å². The van der Waals surface area contributed by atoms with Gasteiger partial charge in [-0.1, -0.05) is 18.2 Å². The smallest absolute Gasteiger partial charge is 0.289 e. The zero-order valence-corrected chi connectivity index (χ0v) is 16.0. The molecule has 5 rings (SSSR count). The van der Waals surface area contributed by atoms with Gasteiger partial charge in [0.25, 0.3) is 11.8 Å². The first-order chi connectivity index (χ1) is 14.2. The highest BCUT2D eigenvalue weighted by atomic mass is 16.3. The molecule has 1 aliphatic heterocycles. The third kappa shape index (κ3) is 3.44. The lowest BCUT2D eigenvalue weighted by Gasteiger charge is -2.34. The van der Waals surface area contributed by atoms with Gasteiger partial charge in [-0.15, -0.1) is 0 Å². The summed E-state index contributed by atoms with van der Waals surface area (Å²) in [6.07, 6.45) is 3.76. The maximum absolute atomic E-state index is 13.3. The number of rotatable bonds is 4. The topological polar surface area (TPSA) is 71.6 Å². The number of piperazine rings is 1. The van der Waals surface area contributed by atoms with Gasteiger partial charge in [-0.2, -0.15) is 5.10 Å². The number of amides is 2. The highest BCUT2D eigenvalue weighted by Crippen LogP contribution is 2.39. The van der Waals surface area contributed by atoms with Crippen LogP contribution in [0.25, 0.3) is 5.69 Å². The van der Waals surface area contributed by atoms with Crippen LogP contribution in [-0.2, 0) is 0 Å². The summed E-state index contributed by atoms with van der Waals surface area (Å²) < 4.78 is 6.96. The number of para-hydroxylation sites is 1. The Bertz CT molecular complexity index is 1010. The Balaban J connectivity index is 1.34. The standard InChI is InChI=1S/C22H22N4O3/c27-21(24-10-12-25(13-11-24)22(28)20-7-4-14-29-20)19-15-18(16-8-9-16)23-26(19)17-5-2-1-3-6-17/h1-7,14-16H,8-13H2. The van der Waals surface area contributed by atoms with Crippen LogP contribution in [0.4, 0.5) is 0 Å². The van der Waals surface area contributed by atoms with Crippen LogP contribution in [0.3, 0.4) is 0 Å². The second-order valence-electron chi connectivity index (χ2n) is 7.54. The minimum absolute atomic E-state index is 0.0432. The van der Waals surface area contributed by atoms with Crippen molar-refractivity contribution in [3.63, 3.8) is 0 Å². The van der Waals surface area contributed by atoms with Gasteiger partial charge in [0.05, 0.1) is 17.6 Å². The van der Waals surface area contributed by atoms with Gasteiger partial charge < -0.3 is 14.2 Å². The minimum atomic E-state index is -0.132. The Morgan fingerprint density at radius 3 is 2.21 bits per heavy atom. The van der Waals surface area contributed by atoms with Gasteiger partial charge in [-0.05, 0) is 43.2 Å². The fourth-order valence-electron chi connectivity index (χ4n) is 3.73. The average Bonchev–Trinajstić information content (AvgIpc) is 3.29. The van der Waals surface area contributed by atoms with Crippen molar-refractivity contribution in [2.24, 2.45) is 0 Å². The summed E-state index contributed by atoms with van der Waals surface area (Å²) in [5, 5.41) is 4.73. The van der Waals surface area contributed by atoms with Crippen molar-refractivity contribution < 1.29 is 14.0 Å². The van der Waals surface area contributed by atoms with E-state index in [2.05, 4.69) is 0 Å². The number of nitrogens with zero attached hydrogens (tertiary/aromatic N) is 4. The molecule has 0 bridgehead atoms. The minimum Gasteiger partial charge on any atom is -0.459 e. The van der Waals surface area contributed by atoms with Crippen LogP contribution in [0, 0.1) is 0 Å². The van der Waals surface area contributed by atoms with Gasteiger partial charge in [-0.25, -0.2) is 4.68 Å². The molecule has 0 radical (unpaired) electrons. The van der Waals surface area contributed by atoms with Crippen molar-refractivity contribution in [3.8, 4) is 5.69 Å². The molecule has 29 heavy (non-hydrogen) atoms. The average molecular weight is 390 g/mol. The van der Waals surface area contributed by atoms with Crippen molar-refractivity contribution in [3.05, 3.63) is 71.9 Å². The van der Waals surface area contributed by atoms with Crippen LogP contribution >= 0.6 is 0 Å². The lowest BCUT2D eigenvalue weighted by molar-refractivity contribution is 0.0513. The SMILES string of the molecule is O=C(c1ccco1)N1CCN(C(=O)c2cc(C3CC3)nn2-c2ccccc2)CC1. The molecule has 7 heteroatoms. The summed E-state index contributed by atoms with van der Waals surface area (Å²) in [7, 11) is 0. The second kappa shape index (κ2) is 7.24. The lowest BCUT2D eigenvalue weighted by Crippen LogP contribution is -2.50. The molecular formula is C22H22N4O3. The molecule has 7 nitrogen and oxygen atoms in total. The van der Waals surface area contributed by atoms with Gasteiger partial charge in [-0.3, -0.25) is 9.59 Å². The number of hydrogen-bond acceptors (Lipinski definition) is 4. The maximum atomic E-state index is 13.3. The molecule has 2 aliphatic rings. The van der Waals surface area contributed by atoms with Crippen LogP contribution in [0.15, 0.2) is 59.2 Å². The predicted molar refractivity (Wildman–Crippen MR) is 106 cm³/mol. The predicted octanol–water partition coefficient (Wildman–Crippen LogP) is 2.94. The highest BCUT2D eigenvalue weighted by Gasteiger charge is 2.32. The number of benzene rings is 1. The fraction of sp³-hybridized carbons (Fsp3) is 0.318. The molecule has 0 N–H and O–H groups in total. The second-order valence-corrected chi connectivity index (χ2v) is 7.54. The molecule has 2 fully saturated rings. The quantitative estimate of drug-likeness (QED) is 0.687. The third-order valence-electron chi connectivity index (χ3n) is 5.53. The molecular weight excluding hydrogens is 368 g/mol. The van der Waals surface area contributed by atoms with E-state index in [9.17, 15) is 9.59 Å². The van der Waals surface area contributed by atoms with E-state index >= 15 is 0 Å². The maximum Gasteiger partial charge on any atom is 0.289 e. The van der Waals surface area contributed by atoms with Crippen LogP contribution in [0.2, 0.25) is 0 Å². The van der Waals surface area contributed by atoms with E-state index in [1.807, 2.05) is 36.4 Å². The molecule has 3 heterocycles. The normalized spacial score (nSPS) is 16.8. The number of aromatic nitrogens is 2. The van der Waals surface area contributed by atoms with Crippen LogP contribution in [-0.4, -0.2) is 57.6 Å². The Hall–Kier alpha value is -3.35. The van der Waals surface area contributed by atoms with Gasteiger partial charge >= 0.3 is 0 Å². The van der Waals surface area contributed by atoms with E-state index in [1.165, 1.54) is 6.26 Å². The molecule has 0 spiro atoms. The van der Waals surface area contributed by atoms with E-state index < -0.39 is 0 Å². The zero-order chi connectivity index (χ0) is 19.8. The monoisotopic (exact) mass is 390 g/mol. The molecule has 148 valence electrons. The first kappa shape index (κ1) is 17.7. The highest BCUT2D eigenvalue weighted by molar-refractivity contribution is 5.94. The first-order valence-electron chi connectivity index (χ1n) is 9.98. The number of carbonyl (C=O) groups excluding carboxylic acids is 2. The lowest BCUT2D eigenvalue weighted by atomic mass is 10.2. The largest absolute Gasteiger partial charge is 0.459 e. The summed E-state index contributed by atoms with van der Waals surface area (Å²) in [6, 6.07) is 15.1. The van der Waals surface area contributed by atoms with Crippen LogP contribution in [0.1, 0.15) is 45.5 Å². The summed E-state index contributed by atoms with van der Waals surface area (Å²) in [6.45, 7) is 1.95. The van der Waals surface area contributed by atoms with E-state index in [4.69, 9.17) is 9.52 Å². The number of furan rings is 1. The summed E-state index contributed by atoms with van der Waals surface area (Å²) in [4.78, 5) is 29.3. The molecule has 2 amide bonds. The first-order valence-corrected chi connectivity index (χ1v) is 9.98. The fourth-order valence-corrected chi connectivity index (χ4v) is 3.73. The molecule has 3 aromatic rings. The molecule has 0 unspecified atom stereocenters. The summed E-state index contributed by atoms with van der Waals surface area (Å²) >= 11 is 0. The Kier molecular flexibility index (Phi) is 4.42. The van der Waals surface area contributed by atoms with Crippen LogP contribution in [0.5, 0.6) is 0 Å². The van der Waals surface area contributed by atoms with Crippen molar-refractivity contribution in [2.45, 2.75) is 18.8 Å². The molecule has 2 aromatic heterocycles.